The number of carbonyl (C=O) groups is 1. The molecule has 0 bridgehead atoms. The molecule has 0 aliphatic carbocycles. The van der Waals surface area contributed by atoms with Gasteiger partial charge in [0, 0.05) is 11.3 Å². The van der Waals surface area contributed by atoms with E-state index in [0.29, 0.717) is 23.6 Å². The Morgan fingerprint density at radius 2 is 1.71 bits per heavy atom. The summed E-state index contributed by atoms with van der Waals surface area (Å²) in [6.45, 7) is 0.119. The first-order chi connectivity index (χ1) is 15.1. The highest BCUT2D eigenvalue weighted by Crippen LogP contribution is 2.18. The summed E-state index contributed by atoms with van der Waals surface area (Å²) in [6.07, 6.45) is 0. The summed E-state index contributed by atoms with van der Waals surface area (Å²) >= 11 is 0. The molecule has 0 radical (unpaired) electrons. The summed E-state index contributed by atoms with van der Waals surface area (Å²) in [7, 11) is 0. The van der Waals surface area contributed by atoms with Crippen molar-refractivity contribution in [3.8, 4) is 17.2 Å². The van der Waals surface area contributed by atoms with Crippen molar-refractivity contribution in [1.82, 2.24) is 9.78 Å². The van der Waals surface area contributed by atoms with Gasteiger partial charge >= 0.3 is 5.76 Å². The van der Waals surface area contributed by atoms with E-state index in [1.54, 1.807) is 24.3 Å². The van der Waals surface area contributed by atoms with Crippen LogP contribution >= 0.6 is 0 Å². The number of nitrogens with zero attached hydrogens (tertiary/aromatic N) is 2. The molecule has 0 atom stereocenters. The molecule has 0 spiro atoms. The monoisotopic (exact) mass is 419 g/mol. The topological polar surface area (TPSA) is 86.4 Å². The predicted octanol–water partition coefficient (Wildman–Crippen LogP) is 3.86. The lowest BCUT2D eigenvalue weighted by Gasteiger charge is -2.08. The highest BCUT2D eigenvalue weighted by atomic mass is 19.1. The third kappa shape index (κ3) is 5.24. The molecular weight excluding hydrogens is 401 g/mol. The Morgan fingerprint density at radius 3 is 2.42 bits per heavy atom. The van der Waals surface area contributed by atoms with Gasteiger partial charge in [-0.1, -0.05) is 30.3 Å². The summed E-state index contributed by atoms with van der Waals surface area (Å²) in [5.41, 5.74) is 2.04. The van der Waals surface area contributed by atoms with Crippen molar-refractivity contribution in [2.75, 3.05) is 5.32 Å². The van der Waals surface area contributed by atoms with Crippen LogP contribution in [0.3, 0.4) is 0 Å². The van der Waals surface area contributed by atoms with Crippen molar-refractivity contribution in [1.29, 1.82) is 0 Å². The SMILES string of the molecule is O=C(Cn1nc(-c2ccc(F)cc2)oc1=O)Nc1ccc(OCc2ccccc2)cc1. The Labute approximate surface area is 176 Å². The third-order valence-electron chi connectivity index (χ3n) is 4.38. The minimum atomic E-state index is -0.779. The van der Waals surface area contributed by atoms with Crippen LogP contribution in [0, 0.1) is 5.82 Å². The largest absolute Gasteiger partial charge is 0.489 e. The maximum Gasteiger partial charge on any atom is 0.437 e. The van der Waals surface area contributed by atoms with Gasteiger partial charge in [-0.3, -0.25) is 4.79 Å². The van der Waals surface area contributed by atoms with Gasteiger partial charge in [0.25, 0.3) is 0 Å². The van der Waals surface area contributed by atoms with Crippen molar-refractivity contribution in [3.63, 3.8) is 0 Å². The lowest BCUT2D eigenvalue weighted by molar-refractivity contribution is -0.117. The van der Waals surface area contributed by atoms with Crippen LogP contribution in [0.5, 0.6) is 5.75 Å². The Hall–Kier alpha value is -4.20. The highest BCUT2D eigenvalue weighted by molar-refractivity contribution is 5.90. The van der Waals surface area contributed by atoms with E-state index in [-0.39, 0.29) is 12.4 Å². The number of hydrogen-bond acceptors (Lipinski definition) is 5. The molecule has 4 rings (SSSR count). The van der Waals surface area contributed by atoms with E-state index >= 15 is 0 Å². The number of nitrogens with one attached hydrogen (secondary N) is 1. The maximum absolute atomic E-state index is 13.0. The van der Waals surface area contributed by atoms with Crippen LogP contribution in [-0.4, -0.2) is 15.7 Å². The second-order valence-corrected chi connectivity index (χ2v) is 6.68. The van der Waals surface area contributed by atoms with Crippen molar-refractivity contribution < 1.29 is 18.3 Å². The summed E-state index contributed by atoms with van der Waals surface area (Å²) < 4.78 is 24.7. The van der Waals surface area contributed by atoms with Gasteiger partial charge < -0.3 is 14.5 Å². The van der Waals surface area contributed by atoms with E-state index in [2.05, 4.69) is 10.4 Å². The summed E-state index contributed by atoms with van der Waals surface area (Å²) in [5.74, 6) is -0.962. The number of amides is 1. The van der Waals surface area contributed by atoms with Gasteiger partial charge in [-0.2, -0.15) is 4.68 Å². The van der Waals surface area contributed by atoms with Crippen LogP contribution < -0.4 is 15.8 Å². The van der Waals surface area contributed by atoms with Gasteiger partial charge in [0.2, 0.25) is 11.8 Å². The van der Waals surface area contributed by atoms with Crippen LogP contribution in [0.15, 0.2) is 88.1 Å². The van der Waals surface area contributed by atoms with E-state index in [1.165, 1.54) is 24.3 Å². The number of halogens is 1. The number of hydrogen-bond donors (Lipinski definition) is 1. The van der Waals surface area contributed by atoms with E-state index in [9.17, 15) is 14.0 Å². The van der Waals surface area contributed by atoms with Gasteiger partial charge in [-0.05, 0) is 54.1 Å². The first kappa shape index (κ1) is 20.1. The number of carbonyl (C=O) groups excluding carboxylic acids is 1. The predicted molar refractivity (Wildman–Crippen MR) is 112 cm³/mol. The maximum atomic E-state index is 13.0. The fourth-order valence-electron chi connectivity index (χ4n) is 2.83. The average Bonchev–Trinajstić information content (AvgIpc) is 3.14. The van der Waals surface area contributed by atoms with Crippen LogP contribution in [0.1, 0.15) is 5.56 Å². The van der Waals surface area contributed by atoms with E-state index in [1.807, 2.05) is 30.3 Å². The molecule has 7 nitrogen and oxygen atoms in total. The Bertz CT molecular complexity index is 1220. The van der Waals surface area contributed by atoms with Crippen molar-refractivity contribution in [2.24, 2.45) is 0 Å². The lowest BCUT2D eigenvalue weighted by Crippen LogP contribution is -2.25. The molecule has 1 aromatic heterocycles. The molecule has 0 saturated carbocycles. The second kappa shape index (κ2) is 9.08. The van der Waals surface area contributed by atoms with Gasteiger partial charge in [0.05, 0.1) is 0 Å². The molecule has 0 aliphatic heterocycles. The first-order valence-corrected chi connectivity index (χ1v) is 9.47. The van der Waals surface area contributed by atoms with Crippen molar-refractivity contribution in [3.05, 3.63) is 101 Å². The van der Waals surface area contributed by atoms with Gasteiger partial charge in [0.15, 0.2) is 0 Å². The van der Waals surface area contributed by atoms with Crippen LogP contribution in [0.4, 0.5) is 10.1 Å². The molecule has 0 saturated heterocycles. The smallest absolute Gasteiger partial charge is 0.437 e. The van der Waals surface area contributed by atoms with Crippen molar-refractivity contribution in [2.45, 2.75) is 13.2 Å². The molecule has 4 aromatic rings. The number of rotatable bonds is 7. The quantitative estimate of drug-likeness (QED) is 0.492. The average molecular weight is 419 g/mol. The Morgan fingerprint density at radius 1 is 1.00 bits per heavy atom. The fraction of sp³-hybridized carbons (Fsp3) is 0.0870. The number of benzene rings is 3. The zero-order chi connectivity index (χ0) is 21.6. The fourth-order valence-corrected chi connectivity index (χ4v) is 2.83. The minimum absolute atomic E-state index is 0.0118. The van der Waals surface area contributed by atoms with E-state index in [0.717, 1.165) is 10.2 Å². The Kier molecular flexibility index (Phi) is 5.89. The lowest BCUT2D eigenvalue weighted by atomic mass is 10.2. The van der Waals surface area contributed by atoms with E-state index in [4.69, 9.17) is 9.15 Å². The molecule has 1 N–H and O–H groups in total. The zero-order valence-electron chi connectivity index (χ0n) is 16.3. The summed E-state index contributed by atoms with van der Waals surface area (Å²) in [4.78, 5) is 24.3. The number of anilines is 1. The minimum Gasteiger partial charge on any atom is -0.489 e. The van der Waals surface area contributed by atoms with Gasteiger partial charge in [-0.15, -0.1) is 5.10 Å². The van der Waals surface area contributed by atoms with Crippen LogP contribution in [-0.2, 0) is 17.9 Å². The first-order valence-electron chi connectivity index (χ1n) is 9.47. The normalized spacial score (nSPS) is 10.6. The zero-order valence-corrected chi connectivity index (χ0v) is 16.3. The molecule has 0 fully saturated rings. The summed E-state index contributed by atoms with van der Waals surface area (Å²) in [5, 5.41) is 6.68. The molecule has 0 unspecified atom stereocenters. The van der Waals surface area contributed by atoms with Gasteiger partial charge in [-0.25, -0.2) is 9.18 Å². The molecule has 3 aromatic carbocycles. The van der Waals surface area contributed by atoms with Crippen molar-refractivity contribution >= 4 is 11.6 Å². The molecule has 1 heterocycles. The molecule has 156 valence electrons. The molecular formula is C23H18FN3O4. The number of ether oxygens (including phenoxy) is 1. The van der Waals surface area contributed by atoms with Gasteiger partial charge in [0.1, 0.15) is 24.7 Å². The highest BCUT2D eigenvalue weighted by Gasteiger charge is 2.13. The van der Waals surface area contributed by atoms with Crippen LogP contribution in [0.2, 0.25) is 0 Å². The van der Waals surface area contributed by atoms with E-state index < -0.39 is 17.5 Å². The Balaban J connectivity index is 1.34. The summed E-state index contributed by atoms with van der Waals surface area (Å²) in [6, 6.07) is 22.0. The second-order valence-electron chi connectivity index (χ2n) is 6.68. The molecule has 31 heavy (non-hydrogen) atoms. The molecule has 1 amide bonds. The number of aromatic nitrogens is 2. The standard InChI is InChI=1S/C23H18FN3O4/c24-18-8-6-17(7-9-18)22-26-27(23(29)31-22)14-21(28)25-19-10-12-20(13-11-19)30-15-16-4-2-1-3-5-16/h1-13H,14-15H2,(H,25,28). The molecule has 8 heteroatoms. The third-order valence-corrected chi connectivity index (χ3v) is 4.38. The molecule has 0 aliphatic rings. The van der Waals surface area contributed by atoms with Crippen LogP contribution in [0.25, 0.3) is 11.5 Å².